The van der Waals surface area contributed by atoms with Gasteiger partial charge in [-0.05, 0) is 98.9 Å². The monoisotopic (exact) mass is 954 g/mol. The normalized spacial score (nSPS) is 18.9. The molecule has 1 saturated carbocycles. The highest BCUT2D eigenvalue weighted by molar-refractivity contribution is 6.01. The molecule has 1 aliphatic carbocycles. The summed E-state index contributed by atoms with van der Waals surface area (Å²) < 4.78 is 59.1. The van der Waals surface area contributed by atoms with Gasteiger partial charge in [-0.1, -0.05) is 30.3 Å². The Morgan fingerprint density at radius 3 is 2.41 bits per heavy atom. The Morgan fingerprint density at radius 1 is 0.857 bits per heavy atom. The van der Waals surface area contributed by atoms with Gasteiger partial charge in [0, 0.05) is 68.1 Å². The first-order chi connectivity index (χ1) is 34.1. The van der Waals surface area contributed by atoms with Crippen molar-refractivity contribution in [3.8, 4) is 22.8 Å². The Balaban J connectivity index is 0.663. The van der Waals surface area contributed by atoms with E-state index in [9.17, 15) is 23.2 Å². The van der Waals surface area contributed by atoms with Crippen LogP contribution < -0.4 is 25.0 Å². The zero-order valence-electron chi connectivity index (χ0n) is 38.8. The number of carbonyl (C=O) groups is 3. The van der Waals surface area contributed by atoms with Crippen molar-refractivity contribution in [1.29, 1.82) is 0 Å². The molecule has 3 amide bonds. The molecule has 1 unspecified atom stereocenters. The number of nitrogens with zero attached hydrogens (tertiary/aromatic N) is 8. The number of nitrogens with one attached hydrogen (secondary N) is 2. The lowest BCUT2D eigenvalue weighted by atomic mass is 9.86. The number of aryl methyl sites for hydroxylation is 1. The number of carbonyl (C=O) groups excluding carboxylic acids is 3. The molecule has 70 heavy (non-hydrogen) atoms. The van der Waals surface area contributed by atoms with E-state index in [-0.39, 0.29) is 42.8 Å². The molecule has 362 valence electrons. The van der Waals surface area contributed by atoms with Crippen LogP contribution in [0.2, 0.25) is 0 Å². The van der Waals surface area contributed by atoms with Gasteiger partial charge in [0.05, 0.1) is 60.0 Å². The third kappa shape index (κ3) is 10.0. The van der Waals surface area contributed by atoms with Gasteiger partial charge in [-0.25, -0.2) is 18.3 Å². The second-order valence-corrected chi connectivity index (χ2v) is 18.4. The maximum atomic E-state index is 15.0. The number of rotatable bonds is 15. The van der Waals surface area contributed by atoms with Crippen LogP contribution in [0.15, 0.2) is 91.6 Å². The number of pyridine rings is 1. The molecule has 18 heteroatoms. The van der Waals surface area contributed by atoms with Crippen LogP contribution in [-0.2, 0) is 22.6 Å². The average Bonchev–Trinajstić information content (AvgIpc) is 4.01. The highest BCUT2D eigenvalue weighted by Gasteiger charge is 2.31. The number of imide groups is 1. The van der Waals surface area contributed by atoms with Gasteiger partial charge in [0.15, 0.2) is 17.4 Å². The van der Waals surface area contributed by atoms with E-state index in [4.69, 9.17) is 24.5 Å². The number of ether oxygens (including phenoxy) is 2. The van der Waals surface area contributed by atoms with Crippen LogP contribution in [0.25, 0.3) is 27.7 Å². The molecule has 15 nitrogen and oxygen atoms in total. The van der Waals surface area contributed by atoms with E-state index in [0.29, 0.717) is 30.2 Å². The van der Waals surface area contributed by atoms with Gasteiger partial charge in [0.25, 0.3) is 5.91 Å². The van der Waals surface area contributed by atoms with Crippen molar-refractivity contribution in [2.75, 3.05) is 51.3 Å². The number of hydrogen-bond donors (Lipinski definition) is 2. The minimum Gasteiger partial charge on any atom is -0.497 e. The topological polar surface area (TPSA) is 161 Å². The van der Waals surface area contributed by atoms with E-state index in [0.717, 1.165) is 110 Å². The third-order valence-corrected chi connectivity index (χ3v) is 14.0. The molecule has 3 aromatic carbocycles. The first kappa shape index (κ1) is 46.4. The van der Waals surface area contributed by atoms with Crippen molar-refractivity contribution in [3.63, 3.8) is 0 Å². The standard InChI is InChI=1S/C52H53F3N10O5/c1-69-38-13-6-34(7-14-38)31-70-50-42(53)24-40(48(54)49(50)55)51(67)58-25-32-4-11-37(12-5-32)64-30-36-10-9-35(23-43(36)61-64)44-27-57-46(28-56-44)63-21-19-62(20-22-63)18-2-3-33-8-16-45-41(26-59-65(45)29-33)39-15-17-47(66)60-52(39)68/h6-10,13-14,16,23-24,26-30,32,37,39H,2-5,11-12,15,17-22,25,31H2,1H3,(H,58,67)(H,60,66,68). The number of fused-ring (bicyclic) bond motifs is 2. The van der Waals surface area contributed by atoms with Crippen LogP contribution in [0, 0.1) is 23.4 Å². The van der Waals surface area contributed by atoms with Crippen LogP contribution in [-0.4, -0.2) is 98.4 Å². The first-order valence-corrected chi connectivity index (χ1v) is 23.9. The number of aromatic nitrogens is 6. The molecular weight excluding hydrogens is 902 g/mol. The van der Waals surface area contributed by atoms with Crippen LogP contribution in [0.1, 0.15) is 84.0 Å². The van der Waals surface area contributed by atoms with Gasteiger partial charge in [0.1, 0.15) is 18.2 Å². The van der Waals surface area contributed by atoms with Crippen molar-refractivity contribution in [3.05, 3.63) is 131 Å². The summed E-state index contributed by atoms with van der Waals surface area (Å²) in [5.74, 6) is -5.21. The second kappa shape index (κ2) is 20.3. The van der Waals surface area contributed by atoms with Gasteiger partial charge in [-0.2, -0.15) is 14.6 Å². The molecule has 7 aromatic rings. The summed E-state index contributed by atoms with van der Waals surface area (Å²) in [7, 11) is 1.52. The quantitative estimate of drug-likeness (QED) is 0.0770. The van der Waals surface area contributed by atoms with Gasteiger partial charge in [0.2, 0.25) is 17.6 Å². The van der Waals surface area contributed by atoms with E-state index >= 15 is 4.39 Å². The SMILES string of the molecule is COc1ccc(COc2c(F)cc(C(=O)NCC3CCC(n4cc5ccc(-c6cnc(N7CCN(CCCc8ccc9c(C%10CCC(=O)NC%10=O)cnn9c8)CC7)cn6)cc5n4)CC3)c(F)c2F)cc1. The van der Waals surface area contributed by atoms with E-state index in [1.165, 1.54) is 12.7 Å². The van der Waals surface area contributed by atoms with Crippen molar-refractivity contribution < 1.29 is 37.0 Å². The summed E-state index contributed by atoms with van der Waals surface area (Å²) >= 11 is 0. The molecular formula is C52H53F3N10O5. The Hall–Kier alpha value is -7.34. The molecule has 2 saturated heterocycles. The summed E-state index contributed by atoms with van der Waals surface area (Å²) in [6.07, 6.45) is 15.5. The summed E-state index contributed by atoms with van der Waals surface area (Å²) in [6.45, 7) is 4.60. The molecule has 0 bridgehead atoms. The fourth-order valence-corrected chi connectivity index (χ4v) is 9.87. The molecule has 0 radical (unpaired) electrons. The largest absolute Gasteiger partial charge is 0.497 e. The molecule has 6 heterocycles. The van der Waals surface area contributed by atoms with E-state index < -0.39 is 34.7 Å². The van der Waals surface area contributed by atoms with Gasteiger partial charge >= 0.3 is 0 Å². The van der Waals surface area contributed by atoms with Crippen molar-refractivity contribution in [2.24, 2.45) is 5.92 Å². The highest BCUT2D eigenvalue weighted by Crippen LogP contribution is 2.34. The van der Waals surface area contributed by atoms with E-state index in [2.05, 4.69) is 37.8 Å². The number of hydrogen-bond acceptors (Lipinski definition) is 11. The number of piperazine rings is 1. The van der Waals surface area contributed by atoms with E-state index in [1.54, 1.807) is 30.5 Å². The predicted octanol–water partition coefficient (Wildman–Crippen LogP) is 7.58. The molecule has 4 aromatic heterocycles. The lowest BCUT2D eigenvalue weighted by Crippen LogP contribution is -2.47. The van der Waals surface area contributed by atoms with Gasteiger partial charge in [-0.15, -0.1) is 0 Å². The lowest BCUT2D eigenvalue weighted by Gasteiger charge is -2.35. The summed E-state index contributed by atoms with van der Waals surface area (Å²) in [5, 5.41) is 15.6. The second-order valence-electron chi connectivity index (χ2n) is 18.4. The molecule has 2 N–H and O–H groups in total. The molecule has 2 aliphatic heterocycles. The Bertz CT molecular complexity index is 3040. The lowest BCUT2D eigenvalue weighted by molar-refractivity contribution is -0.134. The number of amides is 3. The van der Waals surface area contributed by atoms with Crippen LogP contribution in [0.3, 0.4) is 0 Å². The third-order valence-electron chi connectivity index (χ3n) is 14.0. The van der Waals surface area contributed by atoms with Crippen molar-refractivity contribution in [1.82, 2.24) is 44.9 Å². The maximum Gasteiger partial charge on any atom is 0.254 e. The number of benzene rings is 3. The molecule has 0 spiro atoms. The summed E-state index contributed by atoms with van der Waals surface area (Å²) in [4.78, 5) is 51.3. The Kier molecular flexibility index (Phi) is 13.5. The van der Waals surface area contributed by atoms with Crippen molar-refractivity contribution >= 4 is 40.0 Å². The maximum absolute atomic E-state index is 15.0. The van der Waals surface area contributed by atoms with Gasteiger partial charge in [-0.3, -0.25) is 34.3 Å². The minimum atomic E-state index is -1.55. The summed E-state index contributed by atoms with van der Waals surface area (Å²) in [6, 6.07) is 17.7. The number of anilines is 1. The Morgan fingerprint density at radius 2 is 1.66 bits per heavy atom. The smallest absolute Gasteiger partial charge is 0.254 e. The van der Waals surface area contributed by atoms with Crippen molar-refractivity contribution in [2.45, 2.75) is 69.9 Å². The molecule has 3 aliphatic rings. The van der Waals surface area contributed by atoms with Gasteiger partial charge < -0.3 is 19.7 Å². The molecule has 3 fully saturated rings. The highest BCUT2D eigenvalue weighted by atomic mass is 19.2. The predicted molar refractivity (Wildman–Crippen MR) is 255 cm³/mol. The van der Waals surface area contributed by atoms with Crippen LogP contribution in [0.5, 0.6) is 11.5 Å². The fraction of sp³-hybridized carbons (Fsp3) is 0.365. The minimum absolute atomic E-state index is 0.111. The number of piperidine rings is 1. The first-order valence-electron chi connectivity index (χ1n) is 23.9. The average molecular weight is 955 g/mol. The zero-order chi connectivity index (χ0) is 48.3. The Labute approximate surface area is 402 Å². The number of halogens is 3. The van der Waals surface area contributed by atoms with Crippen LogP contribution >= 0.6 is 0 Å². The zero-order valence-corrected chi connectivity index (χ0v) is 38.8. The molecule has 10 rings (SSSR count). The fourth-order valence-electron chi connectivity index (χ4n) is 9.87. The summed E-state index contributed by atoms with van der Waals surface area (Å²) in [5.41, 5.74) is 5.37. The van der Waals surface area contributed by atoms with Crippen LogP contribution in [0.4, 0.5) is 19.0 Å². The van der Waals surface area contributed by atoms with E-state index in [1.807, 2.05) is 52.1 Å². The molecule has 1 atom stereocenters. The number of methoxy groups -OCH3 is 1.